The molecule has 5 nitrogen and oxygen atoms in total. The lowest BCUT2D eigenvalue weighted by Crippen LogP contribution is -2.13. The summed E-state index contributed by atoms with van der Waals surface area (Å²) in [6, 6.07) is 3.04. The Bertz CT molecular complexity index is 867. The maximum absolute atomic E-state index is 13.1. The molecular weight excluding hydrogens is 378 g/mol. The van der Waals surface area contributed by atoms with Gasteiger partial charge in [-0.05, 0) is 31.3 Å². The first-order valence-electron chi connectivity index (χ1n) is 7.35. The highest BCUT2D eigenvalue weighted by molar-refractivity contribution is 5.77. The van der Waals surface area contributed by atoms with Crippen LogP contribution in [-0.2, 0) is 23.7 Å². The lowest BCUT2D eigenvalue weighted by Gasteiger charge is -2.14. The Morgan fingerprint density at radius 2 is 1.85 bits per heavy atom. The van der Waals surface area contributed by atoms with Crippen LogP contribution in [0, 0.1) is 6.92 Å². The van der Waals surface area contributed by atoms with E-state index in [1.165, 1.54) is 14.0 Å². The van der Waals surface area contributed by atoms with Crippen molar-refractivity contribution in [1.29, 1.82) is 0 Å². The molecule has 11 heteroatoms. The third-order valence-electron chi connectivity index (χ3n) is 3.55. The Morgan fingerprint density at radius 1 is 1.19 bits per heavy atom. The smallest absolute Gasteiger partial charge is 0.380 e. The van der Waals surface area contributed by atoms with Crippen LogP contribution in [0.2, 0.25) is 0 Å². The average Bonchev–Trinajstić information content (AvgIpc) is 2.92. The second-order valence-electron chi connectivity index (χ2n) is 5.41. The standard InChI is InChI=1S/C16H14F6N4O/c1-9-24-25-14(16(20,21)22)26(9)7-13(23-2)10-4-5-12(15(17,18)19)11(6-10)8-27-3/h4-7H,2,8H2,1,3H3/b13-7-. The molecule has 0 spiro atoms. The molecule has 0 aliphatic rings. The fourth-order valence-electron chi connectivity index (χ4n) is 2.35. The van der Waals surface area contributed by atoms with Gasteiger partial charge in [-0.3, -0.25) is 9.56 Å². The highest BCUT2D eigenvalue weighted by Gasteiger charge is 2.38. The molecule has 146 valence electrons. The van der Waals surface area contributed by atoms with Gasteiger partial charge in [-0.2, -0.15) is 26.3 Å². The molecule has 2 rings (SSSR count). The van der Waals surface area contributed by atoms with Gasteiger partial charge in [0.1, 0.15) is 5.82 Å². The zero-order valence-electron chi connectivity index (χ0n) is 14.2. The summed E-state index contributed by atoms with van der Waals surface area (Å²) < 4.78 is 83.7. The van der Waals surface area contributed by atoms with E-state index in [2.05, 4.69) is 21.9 Å². The van der Waals surface area contributed by atoms with E-state index in [0.717, 1.165) is 24.4 Å². The molecule has 0 saturated carbocycles. The predicted octanol–water partition coefficient (Wildman–Crippen LogP) is 4.43. The van der Waals surface area contributed by atoms with E-state index in [0.29, 0.717) is 4.57 Å². The molecule has 0 fully saturated rings. The van der Waals surface area contributed by atoms with E-state index in [4.69, 9.17) is 4.74 Å². The number of hydrogen-bond donors (Lipinski definition) is 0. The fourth-order valence-corrected chi connectivity index (χ4v) is 2.35. The van der Waals surface area contributed by atoms with E-state index in [1.807, 2.05) is 0 Å². The topological polar surface area (TPSA) is 52.3 Å². The number of aryl methyl sites for hydroxylation is 1. The van der Waals surface area contributed by atoms with Crippen molar-refractivity contribution in [1.82, 2.24) is 14.8 Å². The van der Waals surface area contributed by atoms with Crippen molar-refractivity contribution < 1.29 is 31.1 Å². The number of hydrogen-bond acceptors (Lipinski definition) is 4. The van der Waals surface area contributed by atoms with Crippen LogP contribution in [0.4, 0.5) is 26.3 Å². The van der Waals surface area contributed by atoms with Crippen molar-refractivity contribution in [3.05, 3.63) is 46.5 Å². The monoisotopic (exact) mass is 392 g/mol. The van der Waals surface area contributed by atoms with Gasteiger partial charge in [0.25, 0.3) is 0 Å². The summed E-state index contributed by atoms with van der Waals surface area (Å²) in [5.41, 5.74) is -1.05. The van der Waals surface area contributed by atoms with Gasteiger partial charge in [0, 0.05) is 18.9 Å². The minimum Gasteiger partial charge on any atom is -0.380 e. The summed E-state index contributed by atoms with van der Waals surface area (Å²) in [6.07, 6.45) is -8.41. The molecular formula is C16H14F6N4O. The van der Waals surface area contributed by atoms with Crippen LogP contribution >= 0.6 is 0 Å². The van der Waals surface area contributed by atoms with Crippen molar-refractivity contribution in [3.8, 4) is 0 Å². The van der Waals surface area contributed by atoms with Crippen LogP contribution in [0.15, 0.2) is 23.2 Å². The van der Waals surface area contributed by atoms with Crippen LogP contribution in [0.25, 0.3) is 11.9 Å². The Labute approximate surface area is 150 Å². The van der Waals surface area contributed by atoms with Gasteiger partial charge >= 0.3 is 12.4 Å². The van der Waals surface area contributed by atoms with Crippen LogP contribution in [0.5, 0.6) is 0 Å². The van der Waals surface area contributed by atoms with Crippen molar-refractivity contribution in [2.24, 2.45) is 4.99 Å². The Hall–Kier alpha value is -2.69. The van der Waals surface area contributed by atoms with Crippen LogP contribution in [0.3, 0.4) is 0 Å². The normalized spacial score (nSPS) is 13.1. The molecule has 0 unspecified atom stereocenters. The van der Waals surface area contributed by atoms with E-state index in [-0.39, 0.29) is 29.3 Å². The van der Waals surface area contributed by atoms with Gasteiger partial charge in [0.05, 0.1) is 17.9 Å². The molecule has 0 amide bonds. The second-order valence-corrected chi connectivity index (χ2v) is 5.41. The fraction of sp³-hybridized carbons (Fsp3) is 0.312. The summed E-state index contributed by atoms with van der Waals surface area (Å²) in [5.74, 6) is -1.36. The van der Waals surface area contributed by atoms with Gasteiger partial charge in [-0.25, -0.2) is 0 Å². The number of aliphatic imine (C=N–C) groups is 1. The minimum atomic E-state index is -4.77. The number of rotatable bonds is 5. The summed E-state index contributed by atoms with van der Waals surface area (Å²) in [6.45, 7) is 4.23. The first-order chi connectivity index (χ1) is 12.5. The lowest BCUT2D eigenvalue weighted by atomic mass is 10.0. The highest BCUT2D eigenvalue weighted by Crippen LogP contribution is 2.34. The molecule has 0 N–H and O–H groups in total. The predicted molar refractivity (Wildman–Crippen MR) is 85.6 cm³/mol. The van der Waals surface area contributed by atoms with E-state index >= 15 is 0 Å². The number of benzene rings is 1. The van der Waals surface area contributed by atoms with Gasteiger partial charge in [0.15, 0.2) is 0 Å². The summed E-state index contributed by atoms with van der Waals surface area (Å²) in [5, 5.41) is 6.45. The molecule has 1 aromatic heterocycles. The molecule has 0 saturated heterocycles. The quantitative estimate of drug-likeness (QED) is 0.559. The zero-order chi connectivity index (χ0) is 20.4. The van der Waals surface area contributed by atoms with Gasteiger partial charge in [-0.1, -0.05) is 6.07 Å². The van der Waals surface area contributed by atoms with Crippen molar-refractivity contribution in [2.45, 2.75) is 25.9 Å². The maximum atomic E-state index is 13.1. The number of halogens is 6. The number of alkyl halides is 6. The summed E-state index contributed by atoms with van der Waals surface area (Å²) >= 11 is 0. The summed E-state index contributed by atoms with van der Waals surface area (Å²) in [7, 11) is 1.23. The molecule has 0 radical (unpaired) electrons. The second kappa shape index (κ2) is 7.51. The highest BCUT2D eigenvalue weighted by atomic mass is 19.4. The van der Waals surface area contributed by atoms with E-state index < -0.39 is 23.7 Å². The van der Waals surface area contributed by atoms with Crippen LogP contribution in [-0.4, -0.2) is 28.6 Å². The van der Waals surface area contributed by atoms with Gasteiger partial charge < -0.3 is 4.74 Å². The lowest BCUT2D eigenvalue weighted by molar-refractivity contribution is -0.146. The molecule has 0 atom stereocenters. The molecule has 27 heavy (non-hydrogen) atoms. The molecule has 0 bridgehead atoms. The van der Waals surface area contributed by atoms with Gasteiger partial charge in [0.2, 0.25) is 5.82 Å². The van der Waals surface area contributed by atoms with Crippen molar-refractivity contribution in [3.63, 3.8) is 0 Å². The average molecular weight is 392 g/mol. The number of methoxy groups -OCH3 is 1. The van der Waals surface area contributed by atoms with Crippen molar-refractivity contribution >= 4 is 18.6 Å². The van der Waals surface area contributed by atoms with Crippen LogP contribution in [0.1, 0.15) is 28.3 Å². The maximum Gasteiger partial charge on any atom is 0.452 e. The Morgan fingerprint density at radius 3 is 2.37 bits per heavy atom. The Balaban J connectivity index is 2.59. The van der Waals surface area contributed by atoms with Crippen LogP contribution < -0.4 is 0 Å². The number of nitrogens with zero attached hydrogens (tertiary/aromatic N) is 4. The molecule has 1 aromatic carbocycles. The first kappa shape index (κ1) is 20.6. The number of aromatic nitrogens is 3. The van der Waals surface area contributed by atoms with Crippen molar-refractivity contribution in [2.75, 3.05) is 7.11 Å². The first-order valence-corrected chi connectivity index (χ1v) is 7.35. The minimum absolute atomic E-state index is 0.0764. The largest absolute Gasteiger partial charge is 0.452 e. The van der Waals surface area contributed by atoms with E-state index in [1.54, 1.807) is 0 Å². The molecule has 0 aliphatic heterocycles. The SMILES string of the molecule is C=N/C(=C\n1c(C)nnc1C(F)(F)F)c1ccc(C(F)(F)F)c(COC)c1. The number of ether oxygens (including phenoxy) is 1. The summed E-state index contributed by atoms with van der Waals surface area (Å²) in [4.78, 5) is 3.64. The third-order valence-corrected chi connectivity index (χ3v) is 3.55. The molecule has 0 aliphatic carbocycles. The van der Waals surface area contributed by atoms with E-state index in [9.17, 15) is 26.3 Å². The molecule has 2 aromatic rings. The third kappa shape index (κ3) is 4.54. The van der Waals surface area contributed by atoms with Gasteiger partial charge in [-0.15, -0.1) is 10.2 Å². The Kier molecular flexibility index (Phi) is 5.73. The molecule has 1 heterocycles. The zero-order valence-corrected chi connectivity index (χ0v) is 14.2.